The first-order valence-electron chi connectivity index (χ1n) is 4.65. The molecule has 0 aliphatic heterocycles. The van der Waals surface area contributed by atoms with E-state index in [4.69, 9.17) is 11.5 Å². The lowest BCUT2D eigenvalue weighted by Gasteiger charge is -2.20. The van der Waals surface area contributed by atoms with Gasteiger partial charge in [0, 0.05) is 0 Å². The Morgan fingerprint density at radius 1 is 1.41 bits per heavy atom. The largest absolute Gasteiger partial charge is 0.478 e. The minimum Gasteiger partial charge on any atom is -0.478 e. The molecule has 0 saturated heterocycles. The molecule has 94 valence electrons. The van der Waals surface area contributed by atoms with E-state index < -0.39 is 18.2 Å². The van der Waals surface area contributed by atoms with E-state index in [-0.39, 0.29) is 17.0 Å². The normalized spacial score (nSPS) is 13.2. The molecule has 0 aliphatic carbocycles. The van der Waals surface area contributed by atoms with E-state index >= 15 is 0 Å². The molecular formula is C10H11F3N2O2. The first kappa shape index (κ1) is 13.1. The summed E-state index contributed by atoms with van der Waals surface area (Å²) in [7, 11) is 0. The second-order valence-corrected chi connectivity index (χ2v) is 3.39. The van der Waals surface area contributed by atoms with E-state index in [1.807, 2.05) is 0 Å². The number of hydrogen-bond donors (Lipinski definition) is 2. The molecule has 0 fully saturated rings. The highest BCUT2D eigenvalue weighted by Crippen LogP contribution is 2.31. The summed E-state index contributed by atoms with van der Waals surface area (Å²) in [5, 5.41) is 0. The molecule has 4 nitrogen and oxygen atoms in total. The summed E-state index contributed by atoms with van der Waals surface area (Å²) < 4.78 is 41.6. The summed E-state index contributed by atoms with van der Waals surface area (Å²) in [5.41, 5.74) is 10.2. The lowest BCUT2D eigenvalue weighted by atomic mass is 10.1. The second kappa shape index (κ2) is 4.52. The van der Waals surface area contributed by atoms with Gasteiger partial charge in [-0.15, -0.1) is 0 Å². The molecule has 1 rings (SSSR count). The molecule has 1 aromatic carbocycles. The maximum Gasteiger partial charge on any atom is 0.425 e. The Labute approximate surface area is 95.3 Å². The van der Waals surface area contributed by atoms with Crippen LogP contribution in [0.25, 0.3) is 0 Å². The average Bonchev–Trinajstić information content (AvgIpc) is 2.18. The highest BCUT2D eigenvalue weighted by atomic mass is 19.4. The number of amides is 1. The molecule has 4 N–H and O–H groups in total. The molecule has 1 amide bonds. The smallest absolute Gasteiger partial charge is 0.425 e. The summed E-state index contributed by atoms with van der Waals surface area (Å²) in [4.78, 5) is 11.0. The molecule has 1 atom stereocenters. The van der Waals surface area contributed by atoms with Gasteiger partial charge >= 0.3 is 6.18 Å². The third-order valence-electron chi connectivity index (χ3n) is 2.07. The number of anilines is 1. The fourth-order valence-corrected chi connectivity index (χ4v) is 1.12. The van der Waals surface area contributed by atoms with Crippen LogP contribution in [0, 0.1) is 0 Å². The van der Waals surface area contributed by atoms with Gasteiger partial charge in [0.15, 0.2) is 11.9 Å². The van der Waals surface area contributed by atoms with Crippen LogP contribution in [-0.2, 0) is 0 Å². The maximum atomic E-state index is 12.3. The van der Waals surface area contributed by atoms with E-state index in [0.717, 1.165) is 6.92 Å². The second-order valence-electron chi connectivity index (χ2n) is 3.39. The van der Waals surface area contributed by atoms with Crippen LogP contribution in [0.3, 0.4) is 0 Å². The zero-order valence-electron chi connectivity index (χ0n) is 8.91. The number of nitrogens with two attached hydrogens (primary N) is 2. The van der Waals surface area contributed by atoms with Crippen LogP contribution in [0.15, 0.2) is 18.2 Å². The lowest BCUT2D eigenvalue weighted by Crippen LogP contribution is -2.32. The van der Waals surface area contributed by atoms with Gasteiger partial charge in [0.05, 0.1) is 11.3 Å². The van der Waals surface area contributed by atoms with Gasteiger partial charge in [-0.3, -0.25) is 4.79 Å². The number of ether oxygens (including phenoxy) is 1. The van der Waals surface area contributed by atoms with Crippen LogP contribution in [0.5, 0.6) is 5.75 Å². The zero-order valence-corrected chi connectivity index (χ0v) is 8.91. The van der Waals surface area contributed by atoms with Gasteiger partial charge in [0.2, 0.25) is 0 Å². The van der Waals surface area contributed by atoms with E-state index in [1.165, 1.54) is 18.2 Å². The first-order chi connectivity index (χ1) is 7.73. The zero-order chi connectivity index (χ0) is 13.2. The van der Waals surface area contributed by atoms with E-state index in [1.54, 1.807) is 0 Å². The minimum atomic E-state index is -4.54. The van der Waals surface area contributed by atoms with Crippen LogP contribution < -0.4 is 16.2 Å². The number of rotatable bonds is 3. The molecular weight excluding hydrogens is 237 g/mol. The Morgan fingerprint density at radius 3 is 2.47 bits per heavy atom. The molecule has 0 heterocycles. The molecule has 0 saturated carbocycles. The Bertz CT molecular complexity index is 432. The number of alkyl halides is 3. The van der Waals surface area contributed by atoms with Crippen molar-refractivity contribution >= 4 is 11.6 Å². The molecule has 7 heteroatoms. The SMILES string of the molecule is CC(Oc1c(N)cccc1C(N)=O)C(F)(F)F. The quantitative estimate of drug-likeness (QED) is 0.799. The topological polar surface area (TPSA) is 78.3 Å². The van der Waals surface area contributed by atoms with Crippen LogP contribution >= 0.6 is 0 Å². The van der Waals surface area contributed by atoms with Gasteiger partial charge in [-0.1, -0.05) is 6.07 Å². The summed E-state index contributed by atoms with van der Waals surface area (Å²) >= 11 is 0. The van der Waals surface area contributed by atoms with E-state index in [2.05, 4.69) is 4.74 Å². The highest BCUT2D eigenvalue weighted by Gasteiger charge is 2.38. The predicted octanol–water partition coefficient (Wildman–Crippen LogP) is 1.70. The monoisotopic (exact) mass is 248 g/mol. The number of para-hydroxylation sites is 1. The Hall–Kier alpha value is -1.92. The van der Waals surface area contributed by atoms with Crippen molar-refractivity contribution in [1.82, 2.24) is 0 Å². The van der Waals surface area contributed by atoms with Crippen LogP contribution in [0.4, 0.5) is 18.9 Å². The number of halogens is 3. The Kier molecular flexibility index (Phi) is 3.50. The Balaban J connectivity index is 3.09. The molecule has 1 aromatic rings. The number of nitrogen functional groups attached to an aromatic ring is 1. The van der Waals surface area contributed by atoms with Crippen molar-refractivity contribution in [2.24, 2.45) is 5.73 Å². The van der Waals surface area contributed by atoms with Gasteiger partial charge in [0.25, 0.3) is 5.91 Å². The van der Waals surface area contributed by atoms with Crippen LogP contribution in [-0.4, -0.2) is 18.2 Å². The van der Waals surface area contributed by atoms with Crippen molar-refractivity contribution in [3.63, 3.8) is 0 Å². The first-order valence-corrected chi connectivity index (χ1v) is 4.65. The highest BCUT2D eigenvalue weighted by molar-refractivity contribution is 5.97. The summed E-state index contributed by atoms with van der Waals surface area (Å²) in [5.74, 6) is -1.24. The maximum absolute atomic E-state index is 12.3. The van der Waals surface area contributed by atoms with Crippen molar-refractivity contribution in [3.05, 3.63) is 23.8 Å². The lowest BCUT2D eigenvalue weighted by molar-refractivity contribution is -0.189. The Morgan fingerprint density at radius 2 is 2.00 bits per heavy atom. The minimum absolute atomic E-state index is 0.0719. The van der Waals surface area contributed by atoms with Crippen molar-refractivity contribution in [2.75, 3.05) is 5.73 Å². The van der Waals surface area contributed by atoms with Crippen molar-refractivity contribution in [3.8, 4) is 5.75 Å². The fourth-order valence-electron chi connectivity index (χ4n) is 1.12. The third kappa shape index (κ3) is 3.02. The molecule has 0 aromatic heterocycles. The van der Waals surface area contributed by atoms with Crippen molar-refractivity contribution in [2.45, 2.75) is 19.2 Å². The fraction of sp³-hybridized carbons (Fsp3) is 0.300. The summed E-state index contributed by atoms with van der Waals surface area (Å²) in [6.07, 6.45) is -6.62. The number of benzene rings is 1. The van der Waals surface area contributed by atoms with Crippen molar-refractivity contribution < 1.29 is 22.7 Å². The number of hydrogen-bond acceptors (Lipinski definition) is 3. The predicted molar refractivity (Wildman–Crippen MR) is 55.5 cm³/mol. The summed E-state index contributed by atoms with van der Waals surface area (Å²) in [6, 6.07) is 3.97. The molecule has 1 unspecified atom stereocenters. The van der Waals surface area contributed by atoms with Gasteiger partial charge in [-0.25, -0.2) is 0 Å². The van der Waals surface area contributed by atoms with E-state index in [9.17, 15) is 18.0 Å². The van der Waals surface area contributed by atoms with Gasteiger partial charge in [-0.2, -0.15) is 13.2 Å². The van der Waals surface area contributed by atoms with Gasteiger partial charge < -0.3 is 16.2 Å². The van der Waals surface area contributed by atoms with Crippen LogP contribution in [0.1, 0.15) is 17.3 Å². The standard InChI is InChI=1S/C10H11F3N2O2/c1-5(10(11,12)13)17-8-6(9(15)16)3-2-4-7(8)14/h2-5H,14H2,1H3,(H2,15,16). The molecule has 0 aliphatic rings. The number of carbonyl (C=O) groups is 1. The van der Waals surface area contributed by atoms with Crippen molar-refractivity contribution in [1.29, 1.82) is 0 Å². The third-order valence-corrected chi connectivity index (χ3v) is 2.07. The molecule has 17 heavy (non-hydrogen) atoms. The van der Waals surface area contributed by atoms with E-state index in [0.29, 0.717) is 0 Å². The van der Waals surface area contributed by atoms with Crippen LogP contribution in [0.2, 0.25) is 0 Å². The molecule has 0 spiro atoms. The molecule has 0 bridgehead atoms. The number of primary amides is 1. The van der Waals surface area contributed by atoms with Gasteiger partial charge in [-0.05, 0) is 19.1 Å². The average molecular weight is 248 g/mol. The molecule has 0 radical (unpaired) electrons. The summed E-state index contributed by atoms with van der Waals surface area (Å²) in [6.45, 7) is 0.817. The van der Waals surface area contributed by atoms with Gasteiger partial charge in [0.1, 0.15) is 0 Å². The number of carbonyl (C=O) groups excluding carboxylic acids is 1.